The standard InChI is InChI=1S/C37H31FN6O4/c1-3-34(46)39-17-16-33(45)26-7-5-9-29(19-26)44-37-40-21-31(22-41-37)43-36(48)32-20-30(15-10-23(32)2)42-35(47)27-8-4-6-25(18-27)24-11-13-28(38)14-12-24/h3-15,18-22H,1,16-17H2,2H3,(H,39,46)(H,42,47)(H,43,48)(H,40,41,44). The van der Waals surface area contributed by atoms with Gasteiger partial charge in [-0.1, -0.05) is 49.0 Å². The number of aryl methyl sites for hydroxylation is 1. The van der Waals surface area contributed by atoms with Gasteiger partial charge in [-0.2, -0.15) is 0 Å². The van der Waals surface area contributed by atoms with Gasteiger partial charge in [0.2, 0.25) is 11.9 Å². The lowest BCUT2D eigenvalue weighted by molar-refractivity contribution is -0.116. The topological polar surface area (TPSA) is 142 Å². The van der Waals surface area contributed by atoms with Crippen molar-refractivity contribution in [2.45, 2.75) is 13.3 Å². The van der Waals surface area contributed by atoms with Crippen LogP contribution in [0.5, 0.6) is 0 Å². The van der Waals surface area contributed by atoms with Crippen molar-refractivity contribution in [3.05, 3.63) is 144 Å². The molecular formula is C37H31FN6O4. The number of hydrogen-bond donors (Lipinski definition) is 4. The Morgan fingerprint density at radius 1 is 0.750 bits per heavy atom. The Labute approximate surface area is 276 Å². The van der Waals surface area contributed by atoms with Crippen molar-refractivity contribution < 1.29 is 23.6 Å². The van der Waals surface area contributed by atoms with Crippen molar-refractivity contribution in [1.29, 1.82) is 0 Å². The van der Waals surface area contributed by atoms with Gasteiger partial charge >= 0.3 is 0 Å². The number of amides is 3. The average Bonchev–Trinajstić information content (AvgIpc) is 3.10. The van der Waals surface area contributed by atoms with Gasteiger partial charge in [0.25, 0.3) is 11.8 Å². The van der Waals surface area contributed by atoms with E-state index >= 15 is 0 Å². The molecule has 0 unspecified atom stereocenters. The summed E-state index contributed by atoms with van der Waals surface area (Å²) in [5.41, 5.74) is 4.82. The summed E-state index contributed by atoms with van der Waals surface area (Å²) in [7, 11) is 0. The summed E-state index contributed by atoms with van der Waals surface area (Å²) in [5, 5.41) is 11.2. The van der Waals surface area contributed by atoms with Crippen molar-refractivity contribution in [2.75, 3.05) is 22.5 Å². The highest BCUT2D eigenvalue weighted by molar-refractivity contribution is 6.08. The summed E-state index contributed by atoms with van der Waals surface area (Å²) in [6.07, 6.45) is 4.17. The predicted octanol–water partition coefficient (Wildman–Crippen LogP) is 6.71. The van der Waals surface area contributed by atoms with Gasteiger partial charge in [-0.05, 0) is 78.2 Å². The van der Waals surface area contributed by atoms with E-state index in [0.717, 1.165) is 17.2 Å². The fourth-order valence-electron chi connectivity index (χ4n) is 4.70. The van der Waals surface area contributed by atoms with Gasteiger partial charge in [0, 0.05) is 41.0 Å². The molecule has 11 heteroatoms. The number of nitrogens with zero attached hydrogens (tertiary/aromatic N) is 2. The number of ketones is 1. The van der Waals surface area contributed by atoms with E-state index < -0.39 is 5.91 Å². The molecule has 240 valence electrons. The molecule has 4 aromatic carbocycles. The Balaban J connectivity index is 1.20. The van der Waals surface area contributed by atoms with Crippen LogP contribution in [-0.4, -0.2) is 40.0 Å². The number of aromatic nitrogens is 2. The molecule has 48 heavy (non-hydrogen) atoms. The lowest BCUT2D eigenvalue weighted by atomic mass is 10.0. The van der Waals surface area contributed by atoms with Crippen molar-refractivity contribution in [3.63, 3.8) is 0 Å². The zero-order valence-electron chi connectivity index (χ0n) is 25.9. The third kappa shape index (κ3) is 8.61. The number of anilines is 4. The number of Topliss-reactive ketones (excluding diaryl/α,β-unsaturated/α-hetero) is 1. The van der Waals surface area contributed by atoms with Gasteiger partial charge in [-0.25, -0.2) is 14.4 Å². The van der Waals surface area contributed by atoms with Crippen LogP contribution in [0.3, 0.4) is 0 Å². The highest BCUT2D eigenvalue weighted by atomic mass is 19.1. The van der Waals surface area contributed by atoms with Crippen LogP contribution in [0.1, 0.15) is 43.1 Å². The minimum absolute atomic E-state index is 0.134. The normalized spacial score (nSPS) is 10.5. The average molecular weight is 643 g/mol. The maximum absolute atomic E-state index is 13.3. The van der Waals surface area contributed by atoms with Crippen molar-refractivity contribution >= 4 is 46.5 Å². The first-order chi connectivity index (χ1) is 23.2. The number of benzene rings is 4. The third-order valence-corrected chi connectivity index (χ3v) is 7.23. The van der Waals surface area contributed by atoms with Crippen LogP contribution in [0.4, 0.5) is 27.4 Å². The summed E-state index contributed by atoms with van der Waals surface area (Å²) in [6, 6.07) is 24.8. The Kier molecular flexibility index (Phi) is 10.4. The number of halogens is 1. The molecule has 0 radical (unpaired) electrons. The van der Waals surface area contributed by atoms with Gasteiger partial charge in [0.1, 0.15) is 5.82 Å². The molecule has 0 spiro atoms. The fraction of sp³-hybridized carbons (Fsp3) is 0.0811. The predicted molar refractivity (Wildman–Crippen MR) is 183 cm³/mol. The van der Waals surface area contributed by atoms with Gasteiger partial charge in [0.05, 0.1) is 18.1 Å². The summed E-state index contributed by atoms with van der Waals surface area (Å²) in [4.78, 5) is 58.6. The van der Waals surface area contributed by atoms with Gasteiger partial charge in [0.15, 0.2) is 5.78 Å². The van der Waals surface area contributed by atoms with Crippen LogP contribution in [0.25, 0.3) is 11.1 Å². The molecule has 0 bridgehead atoms. The van der Waals surface area contributed by atoms with E-state index in [1.807, 2.05) is 6.07 Å². The van der Waals surface area contributed by atoms with Crippen LogP contribution in [0.2, 0.25) is 0 Å². The molecule has 1 heterocycles. The molecule has 10 nitrogen and oxygen atoms in total. The molecule has 3 amide bonds. The number of nitrogens with one attached hydrogen (secondary N) is 4. The van der Waals surface area contributed by atoms with Crippen LogP contribution in [0.15, 0.2) is 116 Å². The minimum Gasteiger partial charge on any atom is -0.352 e. The van der Waals surface area contributed by atoms with E-state index in [4.69, 9.17) is 0 Å². The second kappa shape index (κ2) is 15.2. The van der Waals surface area contributed by atoms with E-state index in [1.165, 1.54) is 24.5 Å². The van der Waals surface area contributed by atoms with Crippen molar-refractivity contribution in [1.82, 2.24) is 15.3 Å². The van der Waals surface area contributed by atoms with Gasteiger partial charge in [-0.3, -0.25) is 19.2 Å². The largest absolute Gasteiger partial charge is 0.352 e. The number of rotatable bonds is 12. The Bertz CT molecular complexity index is 1990. The zero-order chi connectivity index (χ0) is 34.0. The second-order valence-electron chi connectivity index (χ2n) is 10.7. The Hall–Kier alpha value is -6.49. The number of carbonyl (C=O) groups excluding carboxylic acids is 4. The zero-order valence-corrected chi connectivity index (χ0v) is 25.9. The maximum Gasteiger partial charge on any atom is 0.256 e. The number of carbonyl (C=O) groups is 4. The minimum atomic E-state index is -0.415. The maximum atomic E-state index is 13.3. The summed E-state index contributed by atoms with van der Waals surface area (Å²) in [6.45, 7) is 5.36. The molecule has 0 atom stereocenters. The van der Waals surface area contributed by atoms with E-state index in [9.17, 15) is 23.6 Å². The molecule has 0 aliphatic rings. The molecular weight excluding hydrogens is 611 g/mol. The molecule has 1 aromatic heterocycles. The van der Waals surface area contributed by atoms with E-state index in [0.29, 0.717) is 39.3 Å². The molecule has 5 rings (SSSR count). The molecule has 0 saturated carbocycles. The first-order valence-electron chi connectivity index (χ1n) is 14.9. The fourth-order valence-corrected chi connectivity index (χ4v) is 4.70. The first-order valence-corrected chi connectivity index (χ1v) is 14.9. The van der Waals surface area contributed by atoms with E-state index in [2.05, 4.69) is 37.8 Å². The van der Waals surface area contributed by atoms with Crippen LogP contribution in [-0.2, 0) is 4.79 Å². The first kappa shape index (κ1) is 32.9. The Morgan fingerprint density at radius 2 is 1.46 bits per heavy atom. The highest BCUT2D eigenvalue weighted by Crippen LogP contribution is 2.23. The molecule has 0 aliphatic carbocycles. The molecule has 4 N–H and O–H groups in total. The summed E-state index contributed by atoms with van der Waals surface area (Å²) >= 11 is 0. The highest BCUT2D eigenvalue weighted by Gasteiger charge is 2.14. The van der Waals surface area contributed by atoms with Crippen molar-refractivity contribution in [2.24, 2.45) is 0 Å². The summed E-state index contributed by atoms with van der Waals surface area (Å²) < 4.78 is 13.3. The quantitative estimate of drug-likeness (QED) is 0.0875. The lowest BCUT2D eigenvalue weighted by Crippen LogP contribution is -2.23. The van der Waals surface area contributed by atoms with E-state index in [1.54, 1.807) is 79.7 Å². The molecule has 0 fully saturated rings. The van der Waals surface area contributed by atoms with Crippen LogP contribution in [0, 0.1) is 12.7 Å². The smallest absolute Gasteiger partial charge is 0.256 e. The third-order valence-electron chi connectivity index (χ3n) is 7.23. The molecule has 0 aliphatic heterocycles. The van der Waals surface area contributed by atoms with Gasteiger partial charge < -0.3 is 21.3 Å². The van der Waals surface area contributed by atoms with Gasteiger partial charge in [-0.15, -0.1) is 0 Å². The second-order valence-corrected chi connectivity index (χ2v) is 10.7. The van der Waals surface area contributed by atoms with Crippen molar-refractivity contribution in [3.8, 4) is 11.1 Å². The SMILES string of the molecule is C=CC(=O)NCCC(=O)c1cccc(Nc2ncc(NC(=O)c3cc(NC(=O)c4cccc(-c5ccc(F)cc5)c4)ccc3C)cn2)c1. The van der Waals surface area contributed by atoms with Crippen LogP contribution < -0.4 is 21.3 Å². The summed E-state index contributed by atoms with van der Waals surface area (Å²) in [5.74, 6) is -1.35. The Morgan fingerprint density at radius 3 is 2.21 bits per heavy atom. The molecule has 5 aromatic rings. The monoisotopic (exact) mass is 642 g/mol. The van der Waals surface area contributed by atoms with Crippen LogP contribution >= 0.6 is 0 Å². The number of hydrogen-bond acceptors (Lipinski definition) is 7. The van der Waals surface area contributed by atoms with E-state index in [-0.39, 0.29) is 42.3 Å². The molecule has 0 saturated heterocycles. The lowest BCUT2D eigenvalue weighted by Gasteiger charge is -2.12.